The van der Waals surface area contributed by atoms with E-state index in [0.717, 1.165) is 55.2 Å². The lowest BCUT2D eigenvalue weighted by Crippen LogP contribution is -2.32. The van der Waals surface area contributed by atoms with Crippen molar-refractivity contribution in [2.45, 2.75) is 25.3 Å². The van der Waals surface area contributed by atoms with Crippen LogP contribution in [0.2, 0.25) is 0 Å². The van der Waals surface area contributed by atoms with E-state index in [1.54, 1.807) is 7.11 Å². The Bertz CT molecular complexity index is 874. The number of nitrogens with zero attached hydrogens (tertiary/aromatic N) is 3. The van der Waals surface area contributed by atoms with Crippen molar-refractivity contribution < 1.29 is 4.74 Å². The molecule has 4 heteroatoms. The quantitative estimate of drug-likeness (QED) is 0.671. The van der Waals surface area contributed by atoms with E-state index in [-0.39, 0.29) is 0 Å². The highest BCUT2D eigenvalue weighted by atomic mass is 16.5. The number of hydrogen-bond acceptors (Lipinski definition) is 4. The normalized spacial score (nSPS) is 15.6. The van der Waals surface area contributed by atoms with E-state index in [1.165, 1.54) is 5.56 Å². The van der Waals surface area contributed by atoms with E-state index in [4.69, 9.17) is 9.72 Å². The number of hydrogen-bond donors (Lipinski definition) is 0. The molecule has 4 rings (SSSR count). The van der Waals surface area contributed by atoms with Gasteiger partial charge in [-0.1, -0.05) is 42.5 Å². The van der Waals surface area contributed by atoms with Crippen LogP contribution in [0.4, 0.5) is 0 Å². The summed E-state index contributed by atoms with van der Waals surface area (Å²) in [4.78, 5) is 11.9. The summed E-state index contributed by atoms with van der Waals surface area (Å²) in [6.07, 6.45) is 6.02. The second-order valence-corrected chi connectivity index (χ2v) is 7.10. The summed E-state index contributed by atoms with van der Waals surface area (Å²) in [7, 11) is 1.68. The third-order valence-corrected chi connectivity index (χ3v) is 5.27. The first-order valence-electron chi connectivity index (χ1n) is 9.54. The minimum atomic E-state index is 0.482. The maximum Gasteiger partial charge on any atom is 0.119 e. The molecule has 0 aliphatic carbocycles. The fourth-order valence-corrected chi connectivity index (χ4v) is 3.73. The Labute approximate surface area is 160 Å². The maximum absolute atomic E-state index is 5.33. The van der Waals surface area contributed by atoms with Crippen molar-refractivity contribution in [3.05, 3.63) is 78.2 Å². The van der Waals surface area contributed by atoms with Crippen LogP contribution in [0.25, 0.3) is 11.3 Å². The van der Waals surface area contributed by atoms with Crippen molar-refractivity contribution >= 4 is 0 Å². The van der Waals surface area contributed by atoms with Gasteiger partial charge >= 0.3 is 0 Å². The first-order valence-corrected chi connectivity index (χ1v) is 9.54. The fraction of sp³-hybridized carbons (Fsp3) is 0.304. The molecule has 2 aromatic carbocycles. The smallest absolute Gasteiger partial charge is 0.119 e. The molecule has 1 aliphatic rings. The highest BCUT2D eigenvalue weighted by Gasteiger charge is 2.22. The summed E-state index contributed by atoms with van der Waals surface area (Å²) >= 11 is 0. The molecule has 4 nitrogen and oxygen atoms in total. The van der Waals surface area contributed by atoms with Crippen molar-refractivity contribution in [3.8, 4) is 17.0 Å². The van der Waals surface area contributed by atoms with Crippen LogP contribution in [0.1, 0.15) is 30.0 Å². The Kier molecular flexibility index (Phi) is 5.45. The molecule has 138 valence electrons. The summed E-state index contributed by atoms with van der Waals surface area (Å²) in [5.74, 6) is 1.32. The molecule has 0 unspecified atom stereocenters. The molecule has 3 aromatic rings. The molecular weight excluding hydrogens is 334 g/mol. The van der Waals surface area contributed by atoms with Crippen molar-refractivity contribution in [2.75, 3.05) is 20.2 Å². The van der Waals surface area contributed by atoms with Gasteiger partial charge in [-0.2, -0.15) is 0 Å². The number of benzene rings is 2. The number of likely N-dealkylation sites (tertiary alicyclic amines) is 1. The van der Waals surface area contributed by atoms with Gasteiger partial charge in [-0.15, -0.1) is 0 Å². The van der Waals surface area contributed by atoms with Gasteiger partial charge < -0.3 is 4.74 Å². The second-order valence-electron chi connectivity index (χ2n) is 7.10. The molecular formula is C23H25N3O. The lowest BCUT2D eigenvalue weighted by Gasteiger charge is -2.31. The monoisotopic (exact) mass is 359 g/mol. The van der Waals surface area contributed by atoms with Gasteiger partial charge in [-0.3, -0.25) is 9.88 Å². The Morgan fingerprint density at radius 1 is 1.00 bits per heavy atom. The first-order chi connectivity index (χ1) is 13.3. The van der Waals surface area contributed by atoms with Crippen LogP contribution in [0.5, 0.6) is 5.75 Å². The minimum absolute atomic E-state index is 0.482. The average Bonchev–Trinajstić information content (AvgIpc) is 2.75. The van der Waals surface area contributed by atoms with Gasteiger partial charge in [0.25, 0.3) is 0 Å². The van der Waals surface area contributed by atoms with Crippen molar-refractivity contribution in [1.29, 1.82) is 0 Å². The van der Waals surface area contributed by atoms with Gasteiger partial charge in [0.15, 0.2) is 0 Å². The summed E-state index contributed by atoms with van der Waals surface area (Å²) in [6, 6.07) is 18.7. The summed E-state index contributed by atoms with van der Waals surface area (Å²) in [5.41, 5.74) is 4.45. The third kappa shape index (κ3) is 4.34. The predicted octanol–water partition coefficient (Wildman–Crippen LogP) is 4.53. The molecule has 0 saturated carbocycles. The number of methoxy groups -OCH3 is 1. The third-order valence-electron chi connectivity index (χ3n) is 5.27. The zero-order valence-corrected chi connectivity index (χ0v) is 15.7. The standard InChI is InChI=1S/C23H25N3O/c1-27-21-9-5-8-20(14-21)23-16-24-15-22(25-23)19-10-12-26(13-11-19)17-18-6-3-2-4-7-18/h2-9,14-16,19H,10-13,17H2,1H3. The van der Waals surface area contributed by atoms with Gasteiger partial charge in [-0.25, -0.2) is 4.98 Å². The molecule has 0 bridgehead atoms. The van der Waals surface area contributed by atoms with Crippen molar-refractivity contribution in [2.24, 2.45) is 0 Å². The molecule has 0 atom stereocenters. The van der Waals surface area contributed by atoms with Crippen LogP contribution in [0.3, 0.4) is 0 Å². The number of piperidine rings is 1. The van der Waals surface area contributed by atoms with E-state index in [0.29, 0.717) is 5.92 Å². The Morgan fingerprint density at radius 3 is 2.59 bits per heavy atom. The summed E-state index contributed by atoms with van der Waals surface area (Å²) < 4.78 is 5.33. The van der Waals surface area contributed by atoms with Crippen LogP contribution in [-0.2, 0) is 6.54 Å². The van der Waals surface area contributed by atoms with E-state index in [9.17, 15) is 0 Å². The van der Waals surface area contributed by atoms with Crippen molar-refractivity contribution in [3.63, 3.8) is 0 Å². The predicted molar refractivity (Wildman–Crippen MR) is 108 cm³/mol. The van der Waals surface area contributed by atoms with Crippen LogP contribution in [0.15, 0.2) is 67.0 Å². The Balaban J connectivity index is 1.42. The minimum Gasteiger partial charge on any atom is -0.497 e. The van der Waals surface area contributed by atoms with E-state index in [2.05, 4.69) is 46.3 Å². The highest BCUT2D eigenvalue weighted by molar-refractivity contribution is 5.60. The largest absolute Gasteiger partial charge is 0.497 e. The van der Waals surface area contributed by atoms with Gasteiger partial charge in [0.2, 0.25) is 0 Å². The molecule has 0 N–H and O–H groups in total. The Hall–Kier alpha value is -2.72. The number of ether oxygens (including phenoxy) is 1. The SMILES string of the molecule is COc1cccc(-c2cncc(C3CCN(Cc4ccccc4)CC3)n2)c1. The lowest BCUT2D eigenvalue weighted by atomic mass is 9.93. The van der Waals surface area contributed by atoms with Crippen LogP contribution in [-0.4, -0.2) is 35.1 Å². The highest BCUT2D eigenvalue weighted by Crippen LogP contribution is 2.29. The molecule has 0 amide bonds. The van der Waals surface area contributed by atoms with Crippen LogP contribution in [0, 0.1) is 0 Å². The number of rotatable bonds is 5. The topological polar surface area (TPSA) is 38.2 Å². The van der Waals surface area contributed by atoms with E-state index < -0.39 is 0 Å². The molecule has 0 radical (unpaired) electrons. The lowest BCUT2D eigenvalue weighted by molar-refractivity contribution is 0.203. The fourth-order valence-electron chi connectivity index (χ4n) is 3.73. The Morgan fingerprint density at radius 2 is 1.81 bits per heavy atom. The molecule has 0 spiro atoms. The van der Waals surface area contributed by atoms with Gasteiger partial charge in [0, 0.05) is 24.2 Å². The zero-order valence-electron chi connectivity index (χ0n) is 15.7. The van der Waals surface area contributed by atoms with Gasteiger partial charge in [-0.05, 0) is 43.6 Å². The second kappa shape index (κ2) is 8.31. The van der Waals surface area contributed by atoms with E-state index >= 15 is 0 Å². The van der Waals surface area contributed by atoms with E-state index in [1.807, 2.05) is 30.6 Å². The molecule has 1 saturated heterocycles. The molecule has 1 fully saturated rings. The van der Waals surface area contributed by atoms with Gasteiger partial charge in [0.1, 0.15) is 5.75 Å². The number of aromatic nitrogens is 2. The summed E-state index contributed by atoms with van der Waals surface area (Å²) in [6.45, 7) is 3.23. The van der Waals surface area contributed by atoms with Gasteiger partial charge in [0.05, 0.1) is 24.7 Å². The van der Waals surface area contributed by atoms with Crippen molar-refractivity contribution in [1.82, 2.24) is 14.9 Å². The van der Waals surface area contributed by atoms with Crippen LogP contribution < -0.4 is 4.74 Å². The molecule has 2 heterocycles. The summed E-state index contributed by atoms with van der Waals surface area (Å²) in [5, 5.41) is 0. The zero-order chi connectivity index (χ0) is 18.5. The first kappa shape index (κ1) is 17.7. The average molecular weight is 359 g/mol. The maximum atomic E-state index is 5.33. The molecule has 1 aromatic heterocycles. The van der Waals surface area contributed by atoms with Crippen LogP contribution >= 0.6 is 0 Å². The molecule has 27 heavy (non-hydrogen) atoms. The molecule has 1 aliphatic heterocycles.